The zero-order chi connectivity index (χ0) is 18.4. The van der Waals surface area contributed by atoms with E-state index in [9.17, 15) is 17.6 Å². The van der Waals surface area contributed by atoms with Gasteiger partial charge in [-0.05, 0) is 25.0 Å². The van der Waals surface area contributed by atoms with Crippen LogP contribution in [0.2, 0.25) is 5.02 Å². The van der Waals surface area contributed by atoms with E-state index in [1.54, 1.807) is 7.11 Å². The number of carbonyl (C=O) groups excluding carboxylic acids is 1. The number of ether oxygens (including phenoxy) is 1. The highest BCUT2D eigenvalue weighted by atomic mass is 35.5. The molecule has 1 fully saturated rings. The lowest BCUT2D eigenvalue weighted by Gasteiger charge is -2.30. The molecular formula is C16H22ClFN2O4S. The maximum absolute atomic E-state index is 13.8. The van der Waals surface area contributed by atoms with Crippen molar-refractivity contribution in [3.63, 3.8) is 0 Å². The van der Waals surface area contributed by atoms with Gasteiger partial charge in [-0.3, -0.25) is 4.79 Å². The maximum atomic E-state index is 13.8. The van der Waals surface area contributed by atoms with Crippen molar-refractivity contribution in [2.45, 2.75) is 18.6 Å². The molecule has 0 spiro atoms. The van der Waals surface area contributed by atoms with E-state index in [-0.39, 0.29) is 35.5 Å². The standard InChI is InChI=1S/C16H22ClFN2O4S/c1-24-10-7-19-16(21)12-5-8-20(9-6-12)25(22,23)11-13-14(17)3-2-4-15(13)18/h2-4,12H,5-11H2,1H3,(H,19,21). The Morgan fingerprint density at radius 3 is 2.68 bits per heavy atom. The highest BCUT2D eigenvalue weighted by molar-refractivity contribution is 7.88. The first-order valence-electron chi connectivity index (χ1n) is 8.02. The maximum Gasteiger partial charge on any atom is 0.223 e. The Hall–Kier alpha value is -1.22. The van der Waals surface area contributed by atoms with E-state index in [1.807, 2.05) is 0 Å². The molecule has 1 aromatic rings. The molecule has 0 radical (unpaired) electrons. The minimum atomic E-state index is -3.69. The summed E-state index contributed by atoms with van der Waals surface area (Å²) in [5.74, 6) is -1.43. The Morgan fingerprint density at radius 2 is 2.08 bits per heavy atom. The normalized spacial score (nSPS) is 16.8. The first-order chi connectivity index (χ1) is 11.8. The third-order valence-electron chi connectivity index (χ3n) is 4.21. The SMILES string of the molecule is COCCNC(=O)C1CCN(S(=O)(=O)Cc2c(F)cccc2Cl)CC1. The van der Waals surface area contributed by atoms with Gasteiger partial charge in [-0.25, -0.2) is 17.1 Å². The van der Waals surface area contributed by atoms with Crippen LogP contribution in [0.5, 0.6) is 0 Å². The van der Waals surface area contributed by atoms with Crippen molar-refractivity contribution < 1.29 is 22.3 Å². The van der Waals surface area contributed by atoms with Crippen LogP contribution in [0.1, 0.15) is 18.4 Å². The highest BCUT2D eigenvalue weighted by Crippen LogP contribution is 2.25. The van der Waals surface area contributed by atoms with Gasteiger partial charge in [0.05, 0.1) is 12.4 Å². The first-order valence-corrected chi connectivity index (χ1v) is 10.0. The Balaban J connectivity index is 1.94. The van der Waals surface area contributed by atoms with Gasteiger partial charge in [-0.15, -0.1) is 0 Å². The Bertz CT molecular complexity index is 686. The number of amides is 1. The van der Waals surface area contributed by atoms with Crippen LogP contribution in [0.25, 0.3) is 0 Å². The fourth-order valence-electron chi connectivity index (χ4n) is 2.76. The molecule has 1 heterocycles. The fourth-order valence-corrected chi connectivity index (χ4v) is 4.68. The van der Waals surface area contributed by atoms with Gasteiger partial charge >= 0.3 is 0 Å². The number of carbonyl (C=O) groups is 1. The quantitative estimate of drug-likeness (QED) is 0.718. The molecule has 1 aliphatic rings. The first kappa shape index (κ1) is 20.1. The van der Waals surface area contributed by atoms with Crippen LogP contribution >= 0.6 is 11.6 Å². The molecule has 0 bridgehead atoms. The molecule has 9 heteroatoms. The van der Waals surface area contributed by atoms with Crippen molar-refractivity contribution in [1.82, 2.24) is 9.62 Å². The van der Waals surface area contributed by atoms with E-state index in [0.29, 0.717) is 26.0 Å². The van der Waals surface area contributed by atoms with Crippen molar-refractivity contribution in [2.24, 2.45) is 5.92 Å². The molecule has 2 rings (SSSR count). The molecule has 0 aliphatic carbocycles. The zero-order valence-corrected chi connectivity index (χ0v) is 15.6. The van der Waals surface area contributed by atoms with Gasteiger partial charge in [0, 0.05) is 43.2 Å². The van der Waals surface area contributed by atoms with Gasteiger partial charge in [0.15, 0.2) is 0 Å². The lowest BCUT2D eigenvalue weighted by Crippen LogP contribution is -2.43. The van der Waals surface area contributed by atoms with Crippen molar-refractivity contribution in [1.29, 1.82) is 0 Å². The summed E-state index contributed by atoms with van der Waals surface area (Å²) >= 11 is 5.91. The van der Waals surface area contributed by atoms with Gasteiger partial charge < -0.3 is 10.1 Å². The summed E-state index contributed by atoms with van der Waals surface area (Å²) in [4.78, 5) is 12.0. The molecule has 1 N–H and O–H groups in total. The molecule has 6 nitrogen and oxygen atoms in total. The van der Waals surface area contributed by atoms with Crippen LogP contribution in [0.15, 0.2) is 18.2 Å². The summed E-state index contributed by atoms with van der Waals surface area (Å²) in [6.45, 7) is 1.33. The lowest BCUT2D eigenvalue weighted by molar-refractivity contribution is -0.126. The predicted octanol–water partition coefficient (Wildman–Crippen LogP) is 1.78. The molecule has 0 aromatic heterocycles. The number of halogens is 2. The molecule has 0 atom stereocenters. The summed E-state index contributed by atoms with van der Waals surface area (Å²) in [6.07, 6.45) is 0.867. The van der Waals surface area contributed by atoms with E-state index in [4.69, 9.17) is 16.3 Å². The van der Waals surface area contributed by atoms with E-state index in [2.05, 4.69) is 5.32 Å². The van der Waals surface area contributed by atoms with E-state index >= 15 is 0 Å². The molecule has 140 valence electrons. The van der Waals surface area contributed by atoms with Crippen molar-refractivity contribution >= 4 is 27.5 Å². The molecule has 1 aliphatic heterocycles. The zero-order valence-electron chi connectivity index (χ0n) is 14.0. The number of benzene rings is 1. The second kappa shape index (κ2) is 8.93. The third-order valence-corrected chi connectivity index (χ3v) is 6.37. The molecule has 0 unspecified atom stereocenters. The van der Waals surface area contributed by atoms with Gasteiger partial charge in [-0.1, -0.05) is 17.7 Å². The van der Waals surface area contributed by atoms with Gasteiger partial charge in [-0.2, -0.15) is 0 Å². The average molecular weight is 393 g/mol. The number of piperidine rings is 1. The van der Waals surface area contributed by atoms with E-state index < -0.39 is 21.6 Å². The minimum Gasteiger partial charge on any atom is -0.383 e. The van der Waals surface area contributed by atoms with Crippen LogP contribution < -0.4 is 5.32 Å². The number of nitrogens with zero attached hydrogens (tertiary/aromatic N) is 1. The monoisotopic (exact) mass is 392 g/mol. The van der Waals surface area contributed by atoms with E-state index in [0.717, 1.165) is 0 Å². The van der Waals surface area contributed by atoms with Gasteiger partial charge in [0.2, 0.25) is 15.9 Å². The van der Waals surface area contributed by atoms with Crippen LogP contribution in [-0.2, 0) is 25.3 Å². The summed E-state index contributed by atoms with van der Waals surface area (Å²) in [6, 6.07) is 4.08. The molecule has 1 saturated heterocycles. The molecular weight excluding hydrogens is 371 g/mol. The van der Waals surface area contributed by atoms with Crippen LogP contribution in [0, 0.1) is 11.7 Å². The summed E-state index contributed by atoms with van der Waals surface area (Å²) in [5, 5.41) is 2.86. The Kier molecular flexibility index (Phi) is 7.18. The topological polar surface area (TPSA) is 75.7 Å². The van der Waals surface area contributed by atoms with Crippen LogP contribution in [0.4, 0.5) is 4.39 Å². The number of hydrogen-bond acceptors (Lipinski definition) is 4. The number of methoxy groups -OCH3 is 1. The van der Waals surface area contributed by atoms with E-state index in [1.165, 1.54) is 22.5 Å². The minimum absolute atomic E-state index is 0.0244. The summed E-state index contributed by atoms with van der Waals surface area (Å²) in [7, 11) is -2.14. The van der Waals surface area contributed by atoms with Crippen LogP contribution in [0.3, 0.4) is 0 Å². The van der Waals surface area contributed by atoms with Gasteiger partial charge in [0.25, 0.3) is 0 Å². The average Bonchev–Trinajstić information content (AvgIpc) is 2.58. The third kappa shape index (κ3) is 5.37. The van der Waals surface area contributed by atoms with Crippen molar-refractivity contribution in [2.75, 3.05) is 33.4 Å². The fraction of sp³-hybridized carbons (Fsp3) is 0.562. The number of sulfonamides is 1. The summed E-state index contributed by atoms with van der Waals surface area (Å²) in [5.41, 5.74) is -0.0244. The number of hydrogen-bond donors (Lipinski definition) is 1. The second-order valence-corrected chi connectivity index (χ2v) is 8.29. The summed E-state index contributed by atoms with van der Waals surface area (Å²) < 4.78 is 45.1. The smallest absolute Gasteiger partial charge is 0.223 e. The Labute approximate surface area is 152 Å². The highest BCUT2D eigenvalue weighted by Gasteiger charge is 2.32. The molecule has 1 amide bonds. The number of nitrogens with one attached hydrogen (secondary N) is 1. The molecule has 1 aromatic carbocycles. The van der Waals surface area contributed by atoms with Crippen molar-refractivity contribution in [3.8, 4) is 0 Å². The molecule has 0 saturated carbocycles. The van der Waals surface area contributed by atoms with Crippen molar-refractivity contribution in [3.05, 3.63) is 34.6 Å². The Morgan fingerprint density at radius 1 is 1.40 bits per heavy atom. The number of rotatable bonds is 7. The largest absolute Gasteiger partial charge is 0.383 e. The molecule has 25 heavy (non-hydrogen) atoms. The van der Waals surface area contributed by atoms with Gasteiger partial charge in [0.1, 0.15) is 5.82 Å². The predicted molar refractivity (Wildman–Crippen MR) is 93.2 cm³/mol. The second-order valence-electron chi connectivity index (χ2n) is 5.91. The lowest BCUT2D eigenvalue weighted by atomic mass is 9.97. The van der Waals surface area contributed by atoms with Crippen LogP contribution in [-0.4, -0.2) is 52.0 Å².